The maximum Gasteiger partial charge on any atom is 0.227 e. The molecule has 2 N–H and O–H groups in total. The van der Waals surface area contributed by atoms with Crippen molar-refractivity contribution in [2.45, 2.75) is 32.2 Å². The average molecular weight is 256 g/mol. The van der Waals surface area contributed by atoms with Crippen LogP contribution in [0.15, 0.2) is 18.2 Å². The molecule has 3 aliphatic rings. The van der Waals surface area contributed by atoms with Crippen LogP contribution in [0.3, 0.4) is 0 Å². The average Bonchev–Trinajstić information content (AvgIpc) is 3.05. The zero-order valence-corrected chi connectivity index (χ0v) is 11.1. The molecule has 0 bridgehead atoms. The molecule has 2 unspecified atom stereocenters. The molecule has 2 aliphatic carbocycles. The van der Waals surface area contributed by atoms with Gasteiger partial charge >= 0.3 is 0 Å². The van der Waals surface area contributed by atoms with Gasteiger partial charge < -0.3 is 10.6 Å². The smallest absolute Gasteiger partial charge is 0.227 e. The Morgan fingerprint density at radius 3 is 2.89 bits per heavy atom. The van der Waals surface area contributed by atoms with Crippen LogP contribution in [0.4, 0.5) is 5.69 Å². The third kappa shape index (κ3) is 2.06. The van der Waals surface area contributed by atoms with E-state index >= 15 is 0 Å². The molecule has 4 rings (SSSR count). The zero-order chi connectivity index (χ0) is 12.8. The normalized spacial score (nSPS) is 31.5. The molecule has 3 heteroatoms. The fraction of sp³-hybridized carbons (Fsp3) is 0.562. The van der Waals surface area contributed by atoms with Crippen LogP contribution >= 0.6 is 0 Å². The van der Waals surface area contributed by atoms with E-state index in [-0.39, 0.29) is 11.8 Å². The molecule has 1 aromatic rings. The summed E-state index contributed by atoms with van der Waals surface area (Å²) >= 11 is 0. The second kappa shape index (κ2) is 4.34. The molecule has 1 aromatic carbocycles. The van der Waals surface area contributed by atoms with Gasteiger partial charge in [-0.1, -0.05) is 12.1 Å². The number of anilines is 1. The van der Waals surface area contributed by atoms with Gasteiger partial charge in [-0.25, -0.2) is 0 Å². The Morgan fingerprint density at radius 1 is 1.21 bits per heavy atom. The van der Waals surface area contributed by atoms with Crippen LogP contribution in [0.5, 0.6) is 0 Å². The Morgan fingerprint density at radius 2 is 2.05 bits per heavy atom. The largest absolute Gasteiger partial charge is 0.326 e. The summed E-state index contributed by atoms with van der Waals surface area (Å²) in [5, 5.41) is 6.56. The quantitative estimate of drug-likeness (QED) is 0.852. The van der Waals surface area contributed by atoms with Gasteiger partial charge in [-0.15, -0.1) is 0 Å². The second-order valence-corrected chi connectivity index (χ2v) is 6.28. The third-order valence-corrected chi connectivity index (χ3v) is 5.01. The van der Waals surface area contributed by atoms with Crippen molar-refractivity contribution in [2.75, 3.05) is 11.9 Å². The maximum atomic E-state index is 12.3. The van der Waals surface area contributed by atoms with Crippen LogP contribution in [0.1, 0.15) is 30.4 Å². The predicted molar refractivity (Wildman–Crippen MR) is 74.8 cm³/mol. The van der Waals surface area contributed by atoms with Crippen molar-refractivity contribution in [3.05, 3.63) is 29.3 Å². The molecule has 19 heavy (non-hydrogen) atoms. The van der Waals surface area contributed by atoms with Crippen molar-refractivity contribution in [3.63, 3.8) is 0 Å². The van der Waals surface area contributed by atoms with E-state index in [2.05, 4.69) is 22.8 Å². The van der Waals surface area contributed by atoms with E-state index in [1.165, 1.54) is 17.5 Å². The first-order valence-electron chi connectivity index (χ1n) is 7.43. The highest BCUT2D eigenvalue weighted by molar-refractivity contribution is 5.93. The number of nitrogens with one attached hydrogen (secondary N) is 2. The summed E-state index contributed by atoms with van der Waals surface area (Å²) in [4.78, 5) is 12.3. The van der Waals surface area contributed by atoms with Gasteiger partial charge in [0.15, 0.2) is 0 Å². The number of rotatable bonds is 2. The minimum absolute atomic E-state index is 0.249. The van der Waals surface area contributed by atoms with Gasteiger partial charge in [-0.2, -0.15) is 0 Å². The lowest BCUT2D eigenvalue weighted by atomic mass is 9.98. The number of amides is 1. The molecule has 1 amide bonds. The fourth-order valence-electron chi connectivity index (χ4n) is 3.81. The van der Waals surface area contributed by atoms with Crippen molar-refractivity contribution in [2.24, 2.45) is 17.8 Å². The number of hydrogen-bond donors (Lipinski definition) is 2. The molecule has 100 valence electrons. The Labute approximate surface area is 113 Å². The summed E-state index contributed by atoms with van der Waals surface area (Å²) in [6.45, 7) is 1.93. The van der Waals surface area contributed by atoms with E-state index in [4.69, 9.17) is 0 Å². The van der Waals surface area contributed by atoms with Crippen LogP contribution in [0.2, 0.25) is 0 Å². The lowest BCUT2D eigenvalue weighted by molar-refractivity contribution is -0.120. The summed E-state index contributed by atoms with van der Waals surface area (Å²) < 4.78 is 0. The lowest BCUT2D eigenvalue weighted by Crippen LogP contribution is -2.27. The highest BCUT2D eigenvalue weighted by Gasteiger charge is 2.48. The first-order chi connectivity index (χ1) is 9.31. The van der Waals surface area contributed by atoms with Crippen LogP contribution < -0.4 is 10.6 Å². The van der Waals surface area contributed by atoms with E-state index in [9.17, 15) is 4.79 Å². The fourth-order valence-corrected chi connectivity index (χ4v) is 3.81. The Hall–Kier alpha value is -1.35. The Bertz CT molecular complexity index is 515. The van der Waals surface area contributed by atoms with Crippen molar-refractivity contribution >= 4 is 11.6 Å². The van der Waals surface area contributed by atoms with Gasteiger partial charge in [-0.05, 0) is 61.3 Å². The zero-order valence-electron chi connectivity index (χ0n) is 11.1. The van der Waals surface area contributed by atoms with Crippen molar-refractivity contribution in [1.82, 2.24) is 5.32 Å². The van der Waals surface area contributed by atoms with E-state index < -0.39 is 0 Å². The number of hydrogen-bond acceptors (Lipinski definition) is 2. The number of carbonyl (C=O) groups excluding carboxylic acids is 1. The molecule has 2 atom stereocenters. The van der Waals surface area contributed by atoms with E-state index in [1.54, 1.807) is 0 Å². The monoisotopic (exact) mass is 256 g/mol. The first kappa shape index (κ1) is 11.5. The standard InChI is InChI=1S/C16H20N2O/c19-16(13-7-11-6-12(11)8-13)18-15-3-1-2-10-9-17-5-4-14(10)15/h1-3,11-13,17H,4-9H2,(H,18,19). The van der Waals surface area contributed by atoms with Gasteiger partial charge in [0.05, 0.1) is 0 Å². The minimum atomic E-state index is 0.249. The van der Waals surface area contributed by atoms with Crippen molar-refractivity contribution in [3.8, 4) is 0 Å². The second-order valence-electron chi connectivity index (χ2n) is 6.28. The summed E-state index contributed by atoms with van der Waals surface area (Å²) in [5.74, 6) is 2.25. The Balaban J connectivity index is 1.51. The van der Waals surface area contributed by atoms with Crippen LogP contribution in [-0.2, 0) is 17.8 Å². The topological polar surface area (TPSA) is 41.1 Å². The molecular formula is C16H20N2O. The third-order valence-electron chi connectivity index (χ3n) is 5.01. The molecule has 0 spiro atoms. The van der Waals surface area contributed by atoms with Crippen LogP contribution in [0.25, 0.3) is 0 Å². The summed E-state index contributed by atoms with van der Waals surface area (Å²) in [6.07, 6.45) is 4.62. The lowest BCUT2D eigenvalue weighted by Gasteiger charge is -2.21. The molecule has 2 saturated carbocycles. The number of fused-ring (bicyclic) bond motifs is 2. The molecule has 0 saturated heterocycles. The molecule has 1 heterocycles. The number of benzene rings is 1. The highest BCUT2D eigenvalue weighted by atomic mass is 16.1. The summed E-state index contributed by atoms with van der Waals surface area (Å²) in [7, 11) is 0. The molecule has 0 radical (unpaired) electrons. The first-order valence-corrected chi connectivity index (χ1v) is 7.43. The van der Waals surface area contributed by atoms with Gasteiger partial charge in [0, 0.05) is 18.2 Å². The van der Waals surface area contributed by atoms with E-state index in [0.29, 0.717) is 0 Å². The molecule has 2 fully saturated rings. The molecular weight excluding hydrogens is 236 g/mol. The van der Waals surface area contributed by atoms with Crippen LogP contribution in [0, 0.1) is 17.8 Å². The van der Waals surface area contributed by atoms with Gasteiger partial charge in [0.1, 0.15) is 0 Å². The molecule has 1 aliphatic heterocycles. The predicted octanol–water partition coefficient (Wildman–Crippen LogP) is 2.32. The Kier molecular flexibility index (Phi) is 2.62. The summed E-state index contributed by atoms with van der Waals surface area (Å²) in [5.41, 5.74) is 3.71. The van der Waals surface area contributed by atoms with Gasteiger partial charge in [0.25, 0.3) is 0 Å². The molecule has 0 aromatic heterocycles. The van der Waals surface area contributed by atoms with Crippen molar-refractivity contribution < 1.29 is 4.79 Å². The highest BCUT2D eigenvalue weighted by Crippen LogP contribution is 2.54. The van der Waals surface area contributed by atoms with Gasteiger partial charge in [-0.3, -0.25) is 4.79 Å². The number of carbonyl (C=O) groups is 1. The van der Waals surface area contributed by atoms with E-state index in [0.717, 1.165) is 49.9 Å². The van der Waals surface area contributed by atoms with E-state index in [1.807, 2.05) is 6.07 Å². The SMILES string of the molecule is O=C(Nc1cccc2c1CCNC2)C1CC2CC2C1. The van der Waals surface area contributed by atoms with Crippen LogP contribution in [-0.4, -0.2) is 12.5 Å². The molecule has 3 nitrogen and oxygen atoms in total. The van der Waals surface area contributed by atoms with Gasteiger partial charge in [0.2, 0.25) is 5.91 Å². The summed E-state index contributed by atoms with van der Waals surface area (Å²) in [6, 6.07) is 6.26. The minimum Gasteiger partial charge on any atom is -0.326 e. The maximum absolute atomic E-state index is 12.3. The van der Waals surface area contributed by atoms with Crippen molar-refractivity contribution in [1.29, 1.82) is 0 Å².